The normalized spacial score (nSPS) is 26.0. The van der Waals surface area contributed by atoms with Crippen molar-refractivity contribution in [1.29, 1.82) is 0 Å². The number of ether oxygens (including phenoxy) is 2. The Morgan fingerprint density at radius 1 is 1.30 bits per heavy atom. The largest absolute Gasteiger partial charge is 0.411 e. The second-order valence-electron chi connectivity index (χ2n) is 9.42. The van der Waals surface area contributed by atoms with Crippen molar-refractivity contribution in [3.05, 3.63) is 25.3 Å². The van der Waals surface area contributed by atoms with Crippen LogP contribution in [0.4, 0.5) is 0 Å². The molecule has 1 rings (SSSR count). The minimum absolute atomic E-state index is 0.0132. The van der Waals surface area contributed by atoms with Gasteiger partial charge in [0.05, 0.1) is 6.10 Å². The molecule has 1 saturated heterocycles. The van der Waals surface area contributed by atoms with Crippen molar-refractivity contribution < 1.29 is 19.0 Å². The fraction of sp³-hybridized carbons (Fsp3) is 0.727. The second kappa shape index (κ2) is 8.63. The minimum Gasteiger partial charge on any atom is -0.411 e. The van der Waals surface area contributed by atoms with E-state index in [2.05, 4.69) is 52.9 Å². The lowest BCUT2D eigenvalue weighted by Crippen LogP contribution is -2.51. The third kappa shape index (κ3) is 6.30. The van der Waals surface area contributed by atoms with Crippen LogP contribution >= 0.6 is 0 Å². The zero-order valence-corrected chi connectivity index (χ0v) is 19.2. The minimum atomic E-state index is -2.14. The molecule has 1 aliphatic rings. The van der Waals surface area contributed by atoms with Gasteiger partial charge in [-0.3, -0.25) is 0 Å². The molecule has 1 N–H and O–H groups in total. The van der Waals surface area contributed by atoms with Gasteiger partial charge in [-0.2, -0.15) is 0 Å². The van der Waals surface area contributed by atoms with Crippen LogP contribution in [0.1, 0.15) is 53.9 Å². The molecule has 1 heterocycles. The van der Waals surface area contributed by atoms with Gasteiger partial charge in [-0.05, 0) is 44.8 Å². The summed E-state index contributed by atoms with van der Waals surface area (Å²) >= 11 is 0. The average Bonchev–Trinajstić information content (AvgIpc) is 2.86. The number of aliphatic hydroxyl groups is 1. The molecule has 0 aliphatic carbocycles. The fourth-order valence-electron chi connectivity index (χ4n) is 2.97. The highest BCUT2D eigenvalue weighted by molar-refractivity contribution is 6.74. The van der Waals surface area contributed by atoms with E-state index in [1.807, 2.05) is 13.8 Å². The molecule has 0 bridgehead atoms. The Bertz CT molecular complexity index is 570. The predicted octanol–water partition coefficient (Wildman–Crippen LogP) is 4.80. The molecule has 1 aliphatic heterocycles. The summed E-state index contributed by atoms with van der Waals surface area (Å²) in [6.07, 6.45) is 9.42. The SMILES string of the molecule is C#C[C@@](O)(CCC=C)C[C@H](O[Si](C)(C)C(C)(C)C)[C@@H]1OC(C)(C)O[C@@H]1C=C. The van der Waals surface area contributed by atoms with Crippen molar-refractivity contribution in [1.82, 2.24) is 0 Å². The number of hydrogen-bond acceptors (Lipinski definition) is 4. The molecule has 0 amide bonds. The van der Waals surface area contributed by atoms with Crippen LogP contribution in [0.5, 0.6) is 0 Å². The summed E-state index contributed by atoms with van der Waals surface area (Å²) in [4.78, 5) is 0. The van der Waals surface area contributed by atoms with Crippen LogP contribution < -0.4 is 0 Å². The summed E-state index contributed by atoms with van der Waals surface area (Å²) in [5.41, 5.74) is -1.29. The van der Waals surface area contributed by atoms with Crippen molar-refractivity contribution in [2.75, 3.05) is 0 Å². The zero-order chi connectivity index (χ0) is 21.1. The van der Waals surface area contributed by atoms with E-state index in [4.69, 9.17) is 20.3 Å². The Labute approximate surface area is 167 Å². The van der Waals surface area contributed by atoms with Crippen LogP contribution in [0.2, 0.25) is 18.1 Å². The lowest BCUT2D eigenvalue weighted by atomic mass is 9.89. The average molecular weight is 395 g/mol. The Morgan fingerprint density at radius 3 is 2.33 bits per heavy atom. The molecule has 0 aromatic heterocycles. The fourth-order valence-corrected chi connectivity index (χ4v) is 4.30. The van der Waals surface area contributed by atoms with Crippen LogP contribution in [-0.4, -0.2) is 43.1 Å². The zero-order valence-electron chi connectivity index (χ0n) is 18.2. The monoisotopic (exact) mass is 394 g/mol. The Hall–Kier alpha value is -0.903. The van der Waals surface area contributed by atoms with Crippen LogP contribution in [0.25, 0.3) is 0 Å². The molecular formula is C22H38O4Si. The molecule has 0 saturated carbocycles. The predicted molar refractivity (Wildman–Crippen MR) is 114 cm³/mol. The van der Waals surface area contributed by atoms with Crippen LogP contribution in [0.15, 0.2) is 25.3 Å². The van der Waals surface area contributed by atoms with Gasteiger partial charge in [0.15, 0.2) is 14.1 Å². The van der Waals surface area contributed by atoms with Gasteiger partial charge in [0.2, 0.25) is 0 Å². The van der Waals surface area contributed by atoms with Crippen molar-refractivity contribution >= 4 is 8.32 Å². The first-order valence-electron chi connectivity index (χ1n) is 9.67. The smallest absolute Gasteiger partial charge is 0.192 e. The highest BCUT2D eigenvalue weighted by Gasteiger charge is 2.49. The van der Waals surface area contributed by atoms with Crippen molar-refractivity contribution in [2.45, 2.75) is 102 Å². The summed E-state index contributed by atoms with van der Waals surface area (Å²) in [5.74, 6) is 1.82. The Balaban J connectivity index is 3.22. The van der Waals surface area contributed by atoms with Crippen LogP contribution in [-0.2, 0) is 13.9 Å². The molecule has 5 heteroatoms. The van der Waals surface area contributed by atoms with Gasteiger partial charge < -0.3 is 19.0 Å². The maximum absolute atomic E-state index is 11.0. The summed E-state index contributed by atoms with van der Waals surface area (Å²) in [6, 6.07) is 0. The number of allylic oxidation sites excluding steroid dienone is 1. The first-order chi connectivity index (χ1) is 12.2. The summed E-state index contributed by atoms with van der Waals surface area (Å²) in [5, 5.41) is 11.0. The van der Waals surface area contributed by atoms with Crippen molar-refractivity contribution in [2.24, 2.45) is 0 Å². The number of hydrogen-bond donors (Lipinski definition) is 1. The molecule has 0 spiro atoms. The maximum atomic E-state index is 11.0. The molecule has 0 unspecified atom stereocenters. The third-order valence-corrected chi connectivity index (χ3v) is 10.1. The van der Waals surface area contributed by atoms with Crippen molar-refractivity contribution in [3.63, 3.8) is 0 Å². The third-order valence-electron chi connectivity index (χ3n) is 5.58. The Morgan fingerprint density at radius 2 is 1.89 bits per heavy atom. The molecule has 0 aromatic carbocycles. The van der Waals surface area contributed by atoms with Gasteiger partial charge in [-0.25, -0.2) is 0 Å². The van der Waals surface area contributed by atoms with E-state index in [1.165, 1.54) is 0 Å². The topological polar surface area (TPSA) is 47.9 Å². The highest BCUT2D eigenvalue weighted by Crippen LogP contribution is 2.41. The van der Waals surface area contributed by atoms with Gasteiger partial charge in [0.25, 0.3) is 0 Å². The second-order valence-corrected chi connectivity index (χ2v) is 14.2. The molecule has 0 radical (unpaired) electrons. The lowest BCUT2D eigenvalue weighted by Gasteiger charge is -2.42. The molecule has 27 heavy (non-hydrogen) atoms. The highest BCUT2D eigenvalue weighted by atomic mass is 28.4. The molecule has 154 valence electrons. The Kier molecular flexibility index (Phi) is 7.71. The van der Waals surface area contributed by atoms with Gasteiger partial charge in [-0.1, -0.05) is 38.8 Å². The molecule has 4 atom stereocenters. The van der Waals surface area contributed by atoms with E-state index in [-0.39, 0.29) is 23.7 Å². The molecular weight excluding hydrogens is 356 g/mol. The van der Waals surface area contributed by atoms with E-state index in [1.54, 1.807) is 12.2 Å². The van der Waals surface area contributed by atoms with E-state index >= 15 is 0 Å². The first-order valence-corrected chi connectivity index (χ1v) is 12.6. The summed E-state index contributed by atoms with van der Waals surface area (Å²) in [7, 11) is -2.14. The van der Waals surface area contributed by atoms with Gasteiger partial charge in [-0.15, -0.1) is 19.6 Å². The van der Waals surface area contributed by atoms with E-state index < -0.39 is 25.8 Å². The van der Waals surface area contributed by atoms with E-state index in [9.17, 15) is 5.11 Å². The van der Waals surface area contributed by atoms with Crippen LogP contribution in [0, 0.1) is 12.3 Å². The van der Waals surface area contributed by atoms with Crippen molar-refractivity contribution in [3.8, 4) is 12.3 Å². The van der Waals surface area contributed by atoms with Gasteiger partial charge in [0.1, 0.15) is 17.8 Å². The van der Waals surface area contributed by atoms with E-state index in [0.717, 1.165) is 0 Å². The van der Waals surface area contributed by atoms with Gasteiger partial charge in [0, 0.05) is 6.42 Å². The quantitative estimate of drug-likeness (QED) is 0.346. The molecule has 0 aromatic rings. The summed E-state index contributed by atoms with van der Waals surface area (Å²) < 4.78 is 18.8. The molecule has 4 nitrogen and oxygen atoms in total. The first kappa shape index (κ1) is 24.1. The van der Waals surface area contributed by atoms with Crippen LogP contribution in [0.3, 0.4) is 0 Å². The standard InChI is InChI=1S/C22H38O4Si/c1-11-14-15-22(23,13-3)16-18(26-27(9,10)20(4,5)6)19-17(12-2)24-21(7,8)25-19/h3,11-12,17-19,23H,1-2,14-16H2,4-10H3/t17-,18+,19-,22-/m1/s1. The lowest BCUT2D eigenvalue weighted by molar-refractivity contribution is -0.155. The number of rotatable bonds is 9. The number of terminal acetylenes is 1. The summed E-state index contributed by atoms with van der Waals surface area (Å²) in [6.45, 7) is 22.3. The maximum Gasteiger partial charge on any atom is 0.192 e. The van der Waals surface area contributed by atoms with E-state index in [0.29, 0.717) is 12.8 Å². The molecule has 1 fully saturated rings. The van der Waals surface area contributed by atoms with Gasteiger partial charge >= 0.3 is 0 Å².